The highest BCUT2D eigenvalue weighted by atomic mass is 16.5. The number of nitriles is 1. The average molecular weight is 373 g/mol. The highest BCUT2D eigenvalue weighted by molar-refractivity contribution is 6.03. The average Bonchev–Trinajstić information content (AvgIpc) is 2.74. The van der Waals surface area contributed by atoms with Gasteiger partial charge < -0.3 is 15.4 Å². The molecule has 3 rings (SSSR count). The van der Waals surface area contributed by atoms with Crippen molar-refractivity contribution in [3.8, 4) is 11.8 Å². The van der Waals surface area contributed by atoms with Gasteiger partial charge in [-0.05, 0) is 42.3 Å². The molecule has 1 aromatic heterocycles. The Balaban J connectivity index is 1.58. The van der Waals surface area contributed by atoms with E-state index in [2.05, 4.69) is 20.6 Å². The van der Waals surface area contributed by atoms with Crippen molar-refractivity contribution in [1.29, 1.82) is 5.26 Å². The van der Waals surface area contributed by atoms with Crippen LogP contribution in [-0.4, -0.2) is 29.5 Å². The van der Waals surface area contributed by atoms with Crippen LogP contribution < -0.4 is 15.4 Å². The normalized spacial score (nSPS) is 10.0. The smallest absolute Gasteiger partial charge is 0.274 e. The quantitative estimate of drug-likeness (QED) is 0.659. The van der Waals surface area contributed by atoms with E-state index in [1.54, 1.807) is 37.4 Å². The van der Waals surface area contributed by atoms with Crippen LogP contribution in [0.2, 0.25) is 0 Å². The van der Waals surface area contributed by atoms with Gasteiger partial charge in [0, 0.05) is 18.3 Å². The Morgan fingerprint density at radius 1 is 1.14 bits per heavy atom. The molecular weight excluding hydrogens is 354 g/mol. The zero-order valence-electron chi connectivity index (χ0n) is 15.3. The van der Waals surface area contributed by atoms with Gasteiger partial charge in [0.15, 0.2) is 0 Å². The van der Waals surface area contributed by atoms with E-state index in [1.165, 1.54) is 6.33 Å². The molecule has 7 nitrogen and oxygen atoms in total. The molecule has 2 N–H and O–H groups in total. The molecule has 0 bridgehead atoms. The van der Waals surface area contributed by atoms with Crippen molar-refractivity contribution in [2.45, 2.75) is 6.42 Å². The molecule has 0 aliphatic rings. The van der Waals surface area contributed by atoms with Crippen molar-refractivity contribution >= 4 is 17.4 Å². The summed E-state index contributed by atoms with van der Waals surface area (Å²) in [5, 5.41) is 14.9. The fraction of sp³-hybridized carbons (Fsp3) is 0.143. The summed E-state index contributed by atoms with van der Waals surface area (Å²) in [7, 11) is 1.64. The first-order valence-electron chi connectivity index (χ1n) is 8.68. The van der Waals surface area contributed by atoms with E-state index < -0.39 is 0 Å². The fourth-order valence-corrected chi connectivity index (χ4v) is 2.57. The Morgan fingerprint density at radius 3 is 2.71 bits per heavy atom. The molecule has 0 saturated carbocycles. The van der Waals surface area contributed by atoms with Gasteiger partial charge in [-0.15, -0.1) is 0 Å². The predicted molar refractivity (Wildman–Crippen MR) is 106 cm³/mol. The van der Waals surface area contributed by atoms with Crippen LogP contribution in [0.25, 0.3) is 0 Å². The van der Waals surface area contributed by atoms with Crippen LogP contribution >= 0.6 is 0 Å². The summed E-state index contributed by atoms with van der Waals surface area (Å²) in [6.45, 7) is 0.661. The number of carbonyl (C=O) groups excluding carboxylic acids is 1. The second kappa shape index (κ2) is 9.14. The zero-order chi connectivity index (χ0) is 19.8. The van der Waals surface area contributed by atoms with Gasteiger partial charge in [0.25, 0.3) is 5.91 Å². The summed E-state index contributed by atoms with van der Waals surface area (Å²) in [5.74, 6) is 1.03. The van der Waals surface area contributed by atoms with Crippen molar-refractivity contribution < 1.29 is 9.53 Å². The summed E-state index contributed by atoms with van der Waals surface area (Å²) in [5.41, 5.74) is 2.42. The molecule has 3 aromatic rings. The number of benzene rings is 2. The van der Waals surface area contributed by atoms with Gasteiger partial charge in [0.05, 0.1) is 18.7 Å². The van der Waals surface area contributed by atoms with Crippen LogP contribution in [0.4, 0.5) is 11.5 Å². The second-order valence-electron chi connectivity index (χ2n) is 5.96. The SMILES string of the molecule is COc1ccc(CCNc2cc(C(=O)Nc3cccc(C#N)c3)ncn2)cc1. The summed E-state index contributed by atoms with van der Waals surface area (Å²) in [6.07, 6.45) is 2.15. The number of nitrogens with zero attached hydrogens (tertiary/aromatic N) is 3. The minimum Gasteiger partial charge on any atom is -0.497 e. The van der Waals surface area contributed by atoms with E-state index in [1.807, 2.05) is 30.3 Å². The molecule has 0 atom stereocenters. The minimum atomic E-state index is -0.365. The lowest BCUT2D eigenvalue weighted by molar-refractivity contribution is 0.102. The van der Waals surface area contributed by atoms with Crippen LogP contribution in [0.1, 0.15) is 21.6 Å². The molecule has 0 unspecified atom stereocenters. The maximum atomic E-state index is 12.4. The Kier molecular flexibility index (Phi) is 6.16. The minimum absolute atomic E-state index is 0.240. The summed E-state index contributed by atoms with van der Waals surface area (Å²) in [4.78, 5) is 20.6. The predicted octanol–water partition coefficient (Wildman–Crippen LogP) is 3.26. The highest BCUT2D eigenvalue weighted by Crippen LogP contribution is 2.13. The van der Waals surface area contributed by atoms with E-state index in [-0.39, 0.29) is 11.6 Å². The lowest BCUT2D eigenvalue weighted by atomic mass is 10.1. The topological polar surface area (TPSA) is 99.9 Å². The van der Waals surface area contributed by atoms with Crippen LogP contribution in [0.3, 0.4) is 0 Å². The van der Waals surface area contributed by atoms with Gasteiger partial charge in [-0.25, -0.2) is 9.97 Å². The van der Waals surface area contributed by atoms with Crippen molar-refractivity contribution in [2.75, 3.05) is 24.3 Å². The molecule has 0 fully saturated rings. The molecule has 0 saturated heterocycles. The van der Waals surface area contributed by atoms with Gasteiger partial charge in [0.1, 0.15) is 23.6 Å². The molecule has 0 radical (unpaired) electrons. The number of ether oxygens (including phenoxy) is 1. The summed E-state index contributed by atoms with van der Waals surface area (Å²) in [6, 6.07) is 18.2. The van der Waals surface area contributed by atoms with E-state index >= 15 is 0 Å². The van der Waals surface area contributed by atoms with Crippen molar-refractivity contribution in [1.82, 2.24) is 9.97 Å². The van der Waals surface area contributed by atoms with Crippen LogP contribution in [0.15, 0.2) is 60.9 Å². The number of anilines is 2. The Morgan fingerprint density at radius 2 is 1.96 bits per heavy atom. The first kappa shape index (κ1) is 18.9. The summed E-state index contributed by atoms with van der Waals surface area (Å²) < 4.78 is 5.15. The molecule has 7 heteroatoms. The Bertz CT molecular complexity index is 996. The molecule has 1 amide bonds. The molecule has 28 heavy (non-hydrogen) atoms. The van der Waals surface area contributed by atoms with Crippen molar-refractivity contribution in [3.63, 3.8) is 0 Å². The maximum absolute atomic E-state index is 12.4. The number of hydrogen-bond donors (Lipinski definition) is 2. The number of hydrogen-bond acceptors (Lipinski definition) is 6. The third kappa shape index (κ3) is 5.05. The molecule has 140 valence electrons. The number of amides is 1. The Hall–Kier alpha value is -3.92. The third-order valence-corrected chi connectivity index (χ3v) is 4.03. The molecule has 0 aliphatic carbocycles. The molecule has 2 aromatic carbocycles. The first-order valence-corrected chi connectivity index (χ1v) is 8.68. The van der Waals surface area contributed by atoms with Gasteiger partial charge in [-0.1, -0.05) is 18.2 Å². The molecule has 0 aliphatic heterocycles. The van der Waals surface area contributed by atoms with Gasteiger partial charge in [-0.3, -0.25) is 4.79 Å². The Labute approximate surface area is 163 Å². The van der Waals surface area contributed by atoms with E-state index in [0.717, 1.165) is 17.7 Å². The van der Waals surface area contributed by atoms with E-state index in [9.17, 15) is 4.79 Å². The summed E-state index contributed by atoms with van der Waals surface area (Å²) >= 11 is 0. The van der Waals surface area contributed by atoms with Crippen molar-refractivity contribution in [2.24, 2.45) is 0 Å². The van der Waals surface area contributed by atoms with Crippen LogP contribution in [0.5, 0.6) is 5.75 Å². The van der Waals surface area contributed by atoms with E-state index in [4.69, 9.17) is 10.00 Å². The van der Waals surface area contributed by atoms with Gasteiger partial charge in [-0.2, -0.15) is 5.26 Å². The fourth-order valence-electron chi connectivity index (χ4n) is 2.57. The standard InChI is InChI=1S/C21H19N5O2/c1-28-18-7-5-15(6-8-18)9-10-23-20-12-19(24-14-25-20)21(27)26-17-4-2-3-16(11-17)13-22/h2-8,11-12,14H,9-10H2,1H3,(H,26,27)(H,23,24,25). The number of aromatic nitrogens is 2. The third-order valence-electron chi connectivity index (χ3n) is 4.03. The zero-order valence-corrected chi connectivity index (χ0v) is 15.3. The number of nitrogens with one attached hydrogen (secondary N) is 2. The lowest BCUT2D eigenvalue weighted by Crippen LogP contribution is -2.15. The molecular formula is C21H19N5O2. The van der Waals surface area contributed by atoms with E-state index in [0.29, 0.717) is 23.6 Å². The lowest BCUT2D eigenvalue weighted by Gasteiger charge is -2.08. The largest absolute Gasteiger partial charge is 0.497 e. The number of rotatable bonds is 7. The second-order valence-corrected chi connectivity index (χ2v) is 5.96. The first-order chi connectivity index (χ1) is 13.7. The van der Waals surface area contributed by atoms with Gasteiger partial charge >= 0.3 is 0 Å². The monoisotopic (exact) mass is 373 g/mol. The number of methoxy groups -OCH3 is 1. The highest BCUT2D eigenvalue weighted by Gasteiger charge is 2.09. The van der Waals surface area contributed by atoms with Crippen molar-refractivity contribution in [3.05, 3.63) is 77.7 Å². The molecule has 1 heterocycles. The van der Waals surface area contributed by atoms with Crippen LogP contribution in [-0.2, 0) is 6.42 Å². The van der Waals surface area contributed by atoms with Gasteiger partial charge in [0.2, 0.25) is 0 Å². The van der Waals surface area contributed by atoms with Crippen LogP contribution in [0, 0.1) is 11.3 Å². The molecule has 0 spiro atoms. The maximum Gasteiger partial charge on any atom is 0.274 e. The number of carbonyl (C=O) groups is 1.